The summed E-state index contributed by atoms with van der Waals surface area (Å²) in [6.45, 7) is 4.20. The summed E-state index contributed by atoms with van der Waals surface area (Å²) in [6, 6.07) is 16.5. The standard InChI is InChI=1S/C21H17ClN2O2S/c1-13-14(2)27-20-18(13)19(25)24(16-9-4-3-5-10-16)21(26)23(20)12-15-8-6-7-11-17(15)22/h3-11H,12H2,1-2H3. The van der Waals surface area contributed by atoms with Crippen molar-refractivity contribution in [2.45, 2.75) is 20.4 Å². The summed E-state index contributed by atoms with van der Waals surface area (Å²) < 4.78 is 2.90. The van der Waals surface area contributed by atoms with Crippen LogP contribution in [0.2, 0.25) is 5.02 Å². The fourth-order valence-electron chi connectivity index (χ4n) is 3.20. The molecule has 27 heavy (non-hydrogen) atoms. The highest BCUT2D eigenvalue weighted by atomic mass is 35.5. The van der Waals surface area contributed by atoms with E-state index in [1.807, 2.05) is 50.2 Å². The predicted octanol–water partition coefficient (Wildman–Crippen LogP) is 4.53. The van der Waals surface area contributed by atoms with Crippen molar-refractivity contribution in [2.24, 2.45) is 0 Å². The molecule has 0 bridgehead atoms. The van der Waals surface area contributed by atoms with Crippen molar-refractivity contribution in [1.82, 2.24) is 9.13 Å². The molecule has 0 fully saturated rings. The summed E-state index contributed by atoms with van der Waals surface area (Å²) in [4.78, 5) is 28.2. The summed E-state index contributed by atoms with van der Waals surface area (Å²) in [5.41, 5.74) is 1.67. The molecule has 4 nitrogen and oxygen atoms in total. The molecule has 0 N–H and O–H groups in total. The van der Waals surface area contributed by atoms with Gasteiger partial charge < -0.3 is 0 Å². The molecular weight excluding hydrogens is 380 g/mol. The Labute approximate surface area is 164 Å². The Morgan fingerprint density at radius 1 is 0.963 bits per heavy atom. The highest BCUT2D eigenvalue weighted by Crippen LogP contribution is 2.28. The zero-order chi connectivity index (χ0) is 19.1. The first kappa shape index (κ1) is 17.8. The molecule has 2 aromatic heterocycles. The number of aryl methyl sites for hydroxylation is 2. The fraction of sp³-hybridized carbons (Fsp3) is 0.143. The Morgan fingerprint density at radius 2 is 1.63 bits per heavy atom. The summed E-state index contributed by atoms with van der Waals surface area (Å²) >= 11 is 7.79. The monoisotopic (exact) mass is 396 g/mol. The Hall–Kier alpha value is -2.63. The quantitative estimate of drug-likeness (QED) is 0.510. The minimum absolute atomic E-state index is 0.279. The number of benzene rings is 2. The molecule has 136 valence electrons. The van der Waals surface area contributed by atoms with Crippen LogP contribution in [0.3, 0.4) is 0 Å². The molecule has 0 saturated carbocycles. The highest BCUT2D eigenvalue weighted by Gasteiger charge is 2.20. The van der Waals surface area contributed by atoms with Crippen LogP contribution in [0.1, 0.15) is 16.0 Å². The molecule has 0 aliphatic heterocycles. The van der Waals surface area contributed by atoms with Crippen LogP contribution in [0.4, 0.5) is 0 Å². The van der Waals surface area contributed by atoms with Crippen molar-refractivity contribution < 1.29 is 0 Å². The van der Waals surface area contributed by atoms with Crippen LogP contribution in [-0.4, -0.2) is 9.13 Å². The van der Waals surface area contributed by atoms with E-state index < -0.39 is 0 Å². The van der Waals surface area contributed by atoms with Gasteiger partial charge in [0.1, 0.15) is 4.83 Å². The molecule has 4 aromatic rings. The maximum Gasteiger partial charge on any atom is 0.337 e. The number of hydrogen-bond donors (Lipinski definition) is 0. The molecule has 2 heterocycles. The minimum Gasteiger partial charge on any atom is -0.279 e. The largest absolute Gasteiger partial charge is 0.337 e. The molecule has 0 radical (unpaired) electrons. The number of hydrogen-bond acceptors (Lipinski definition) is 3. The van der Waals surface area contributed by atoms with Crippen LogP contribution < -0.4 is 11.2 Å². The van der Waals surface area contributed by atoms with E-state index in [0.717, 1.165) is 16.0 Å². The molecule has 0 atom stereocenters. The van der Waals surface area contributed by atoms with Gasteiger partial charge in [-0.05, 0) is 43.2 Å². The maximum absolute atomic E-state index is 13.3. The lowest BCUT2D eigenvalue weighted by Gasteiger charge is -2.13. The number of aromatic nitrogens is 2. The second-order valence-electron chi connectivity index (χ2n) is 6.40. The van der Waals surface area contributed by atoms with Gasteiger partial charge in [-0.3, -0.25) is 9.36 Å². The molecule has 0 aliphatic carbocycles. The third-order valence-electron chi connectivity index (χ3n) is 4.75. The first-order valence-electron chi connectivity index (χ1n) is 8.53. The van der Waals surface area contributed by atoms with Crippen LogP contribution in [-0.2, 0) is 6.54 Å². The lowest BCUT2D eigenvalue weighted by Crippen LogP contribution is -2.38. The van der Waals surface area contributed by atoms with Crippen molar-refractivity contribution in [2.75, 3.05) is 0 Å². The smallest absolute Gasteiger partial charge is 0.279 e. The van der Waals surface area contributed by atoms with Gasteiger partial charge in [0.2, 0.25) is 0 Å². The second-order valence-corrected chi connectivity index (χ2v) is 8.01. The molecule has 6 heteroatoms. The van der Waals surface area contributed by atoms with Gasteiger partial charge in [-0.1, -0.05) is 48.0 Å². The normalized spacial score (nSPS) is 11.2. The van der Waals surface area contributed by atoms with E-state index in [0.29, 0.717) is 27.5 Å². The Kier molecular flexibility index (Phi) is 4.50. The topological polar surface area (TPSA) is 44.0 Å². The molecule has 0 aliphatic rings. The van der Waals surface area contributed by atoms with E-state index in [1.54, 1.807) is 22.8 Å². The average Bonchev–Trinajstić information content (AvgIpc) is 2.96. The molecule has 2 aromatic carbocycles. The summed E-state index contributed by atoms with van der Waals surface area (Å²) in [7, 11) is 0. The SMILES string of the molecule is Cc1sc2c(c1C)c(=O)n(-c1ccccc1)c(=O)n2Cc1ccccc1Cl. The molecule has 0 spiro atoms. The lowest BCUT2D eigenvalue weighted by atomic mass is 10.2. The maximum atomic E-state index is 13.3. The first-order valence-corrected chi connectivity index (χ1v) is 9.73. The van der Waals surface area contributed by atoms with Gasteiger partial charge in [-0.2, -0.15) is 0 Å². The summed E-state index contributed by atoms with van der Waals surface area (Å²) in [5, 5.41) is 1.19. The third kappa shape index (κ3) is 2.93. The summed E-state index contributed by atoms with van der Waals surface area (Å²) in [5.74, 6) is 0. The van der Waals surface area contributed by atoms with Crippen molar-refractivity contribution >= 4 is 33.2 Å². The third-order valence-corrected chi connectivity index (χ3v) is 6.35. The predicted molar refractivity (Wildman–Crippen MR) is 112 cm³/mol. The van der Waals surface area contributed by atoms with Crippen molar-refractivity contribution in [3.63, 3.8) is 0 Å². The number of halogens is 1. The van der Waals surface area contributed by atoms with Crippen LogP contribution in [0.25, 0.3) is 15.9 Å². The number of thiophene rings is 1. The second kappa shape index (κ2) is 6.83. The van der Waals surface area contributed by atoms with Crippen LogP contribution in [0, 0.1) is 13.8 Å². The van der Waals surface area contributed by atoms with E-state index in [4.69, 9.17) is 11.6 Å². The number of rotatable bonds is 3. The van der Waals surface area contributed by atoms with E-state index >= 15 is 0 Å². The van der Waals surface area contributed by atoms with Gasteiger partial charge in [0.15, 0.2) is 0 Å². The zero-order valence-electron chi connectivity index (χ0n) is 14.9. The minimum atomic E-state index is -0.361. The van der Waals surface area contributed by atoms with Gasteiger partial charge in [-0.15, -0.1) is 11.3 Å². The van der Waals surface area contributed by atoms with Crippen molar-refractivity contribution in [3.8, 4) is 5.69 Å². The number of nitrogens with zero attached hydrogens (tertiary/aromatic N) is 2. The highest BCUT2D eigenvalue weighted by molar-refractivity contribution is 7.18. The molecular formula is C21H17ClN2O2S. The van der Waals surface area contributed by atoms with E-state index in [1.165, 1.54) is 15.9 Å². The average molecular weight is 397 g/mol. The summed E-state index contributed by atoms with van der Waals surface area (Å²) in [6.07, 6.45) is 0. The molecule has 0 unspecified atom stereocenters. The van der Waals surface area contributed by atoms with Crippen molar-refractivity contribution in [3.05, 3.63) is 96.5 Å². The van der Waals surface area contributed by atoms with E-state index in [9.17, 15) is 9.59 Å². The molecule has 4 rings (SSSR count). The van der Waals surface area contributed by atoms with E-state index in [-0.39, 0.29) is 11.2 Å². The number of para-hydroxylation sites is 1. The molecule has 0 amide bonds. The first-order chi connectivity index (χ1) is 13.0. The Balaban J connectivity index is 2.09. The van der Waals surface area contributed by atoms with Crippen LogP contribution >= 0.6 is 22.9 Å². The van der Waals surface area contributed by atoms with Gasteiger partial charge in [-0.25, -0.2) is 9.36 Å². The van der Waals surface area contributed by atoms with Crippen LogP contribution in [0.5, 0.6) is 0 Å². The Morgan fingerprint density at radius 3 is 2.33 bits per heavy atom. The van der Waals surface area contributed by atoms with Crippen molar-refractivity contribution in [1.29, 1.82) is 0 Å². The van der Waals surface area contributed by atoms with Crippen LogP contribution in [0.15, 0.2) is 64.2 Å². The van der Waals surface area contributed by atoms with Gasteiger partial charge >= 0.3 is 5.69 Å². The fourth-order valence-corrected chi connectivity index (χ4v) is 4.53. The zero-order valence-corrected chi connectivity index (χ0v) is 16.5. The van der Waals surface area contributed by atoms with E-state index in [2.05, 4.69) is 0 Å². The molecule has 0 saturated heterocycles. The Bertz CT molecular complexity index is 1270. The van der Waals surface area contributed by atoms with Gasteiger partial charge in [0.25, 0.3) is 5.56 Å². The van der Waals surface area contributed by atoms with Gasteiger partial charge in [0, 0.05) is 9.90 Å². The lowest BCUT2D eigenvalue weighted by molar-refractivity contribution is 0.719. The van der Waals surface area contributed by atoms with Gasteiger partial charge in [0.05, 0.1) is 17.6 Å². The number of fused-ring (bicyclic) bond motifs is 1.